The first kappa shape index (κ1) is 14.8. The van der Waals surface area contributed by atoms with E-state index in [9.17, 15) is 4.79 Å². The number of hydrogen-bond acceptors (Lipinski definition) is 4. The van der Waals surface area contributed by atoms with Crippen molar-refractivity contribution < 1.29 is 9.32 Å². The van der Waals surface area contributed by atoms with Crippen molar-refractivity contribution in [2.45, 2.75) is 45.4 Å². The summed E-state index contributed by atoms with van der Waals surface area (Å²) in [5, 5.41) is 6.92. The minimum absolute atomic E-state index is 0.114. The third-order valence-electron chi connectivity index (χ3n) is 4.21. The van der Waals surface area contributed by atoms with Gasteiger partial charge in [0.2, 0.25) is 17.6 Å². The van der Waals surface area contributed by atoms with Gasteiger partial charge in [0.05, 0.1) is 5.69 Å². The van der Waals surface area contributed by atoms with E-state index in [-0.39, 0.29) is 5.91 Å². The van der Waals surface area contributed by atoms with Crippen molar-refractivity contribution in [2.24, 2.45) is 5.92 Å². The Balaban J connectivity index is 1.86. The van der Waals surface area contributed by atoms with Crippen LogP contribution in [0.15, 0.2) is 28.8 Å². The van der Waals surface area contributed by atoms with E-state index in [1.54, 1.807) is 0 Å². The number of nitrogens with one attached hydrogen (secondary N) is 1. The van der Waals surface area contributed by atoms with Crippen molar-refractivity contribution in [1.29, 1.82) is 0 Å². The van der Waals surface area contributed by atoms with Crippen molar-refractivity contribution in [1.82, 2.24) is 10.1 Å². The molecule has 1 heterocycles. The van der Waals surface area contributed by atoms with Crippen LogP contribution in [0.2, 0.25) is 0 Å². The molecule has 116 valence electrons. The van der Waals surface area contributed by atoms with Gasteiger partial charge in [-0.1, -0.05) is 37.1 Å². The van der Waals surface area contributed by atoms with Crippen LogP contribution < -0.4 is 5.32 Å². The van der Waals surface area contributed by atoms with Crippen LogP contribution in [0.5, 0.6) is 0 Å². The summed E-state index contributed by atoms with van der Waals surface area (Å²) in [4.78, 5) is 15.9. The van der Waals surface area contributed by atoms with Crippen LogP contribution in [-0.2, 0) is 4.79 Å². The van der Waals surface area contributed by atoms with Crippen molar-refractivity contribution >= 4 is 11.6 Å². The standard InChI is InChI=1S/C17H21N3O2/c1-11-6-5-7-13(10-11)17-19-16(20-22-17)14-8-3-4-9-15(14)18-12(2)21/h3-4,8-9,11,13H,5-7,10H2,1-2H3,(H,18,21). The van der Waals surface area contributed by atoms with E-state index in [2.05, 4.69) is 22.4 Å². The van der Waals surface area contributed by atoms with Crippen molar-refractivity contribution in [2.75, 3.05) is 5.32 Å². The zero-order valence-corrected chi connectivity index (χ0v) is 13.0. The molecule has 0 aliphatic heterocycles. The number of para-hydroxylation sites is 1. The lowest BCUT2D eigenvalue weighted by Gasteiger charge is -2.23. The Hall–Kier alpha value is -2.17. The van der Waals surface area contributed by atoms with Gasteiger partial charge in [-0.2, -0.15) is 4.98 Å². The first-order valence-electron chi connectivity index (χ1n) is 7.84. The predicted molar refractivity (Wildman–Crippen MR) is 84.4 cm³/mol. The molecule has 1 aromatic heterocycles. The lowest BCUT2D eigenvalue weighted by molar-refractivity contribution is -0.114. The van der Waals surface area contributed by atoms with Gasteiger partial charge in [0.25, 0.3) is 0 Å². The average molecular weight is 299 g/mol. The molecule has 1 fully saturated rings. The quantitative estimate of drug-likeness (QED) is 0.930. The van der Waals surface area contributed by atoms with Gasteiger partial charge in [-0.05, 0) is 30.9 Å². The summed E-state index contributed by atoms with van der Waals surface area (Å²) in [6, 6.07) is 7.51. The van der Waals surface area contributed by atoms with Gasteiger partial charge in [0, 0.05) is 18.4 Å². The number of amides is 1. The molecule has 2 unspecified atom stereocenters. The molecular formula is C17H21N3O2. The maximum absolute atomic E-state index is 11.3. The highest BCUT2D eigenvalue weighted by Gasteiger charge is 2.25. The summed E-state index contributed by atoms with van der Waals surface area (Å²) < 4.78 is 5.49. The zero-order chi connectivity index (χ0) is 15.5. The number of benzene rings is 1. The largest absolute Gasteiger partial charge is 0.339 e. The molecule has 0 spiro atoms. The van der Waals surface area contributed by atoms with E-state index in [1.807, 2.05) is 24.3 Å². The third-order valence-corrected chi connectivity index (χ3v) is 4.21. The Kier molecular flexibility index (Phi) is 4.22. The second-order valence-electron chi connectivity index (χ2n) is 6.15. The Labute approximate surface area is 130 Å². The van der Waals surface area contributed by atoms with Crippen LogP contribution in [0.3, 0.4) is 0 Å². The second kappa shape index (κ2) is 6.30. The van der Waals surface area contributed by atoms with E-state index in [4.69, 9.17) is 4.52 Å². The molecule has 0 radical (unpaired) electrons. The number of aromatic nitrogens is 2. The smallest absolute Gasteiger partial charge is 0.230 e. The Morgan fingerprint density at radius 1 is 1.32 bits per heavy atom. The average Bonchev–Trinajstić information content (AvgIpc) is 2.97. The van der Waals surface area contributed by atoms with Gasteiger partial charge >= 0.3 is 0 Å². The minimum atomic E-state index is -0.114. The normalized spacial score (nSPS) is 21.5. The second-order valence-corrected chi connectivity index (χ2v) is 6.15. The lowest BCUT2D eigenvalue weighted by Crippen LogP contribution is -2.12. The number of anilines is 1. The SMILES string of the molecule is CC(=O)Nc1ccccc1-c1noc(C2CCCC(C)C2)n1. The summed E-state index contributed by atoms with van der Waals surface area (Å²) in [5.74, 6) is 2.22. The molecule has 1 N–H and O–H groups in total. The molecular weight excluding hydrogens is 278 g/mol. The first-order valence-corrected chi connectivity index (χ1v) is 7.84. The van der Waals surface area contributed by atoms with Gasteiger partial charge in [-0.15, -0.1) is 0 Å². The molecule has 1 amide bonds. The van der Waals surface area contributed by atoms with Gasteiger partial charge in [0.1, 0.15) is 0 Å². The third kappa shape index (κ3) is 3.18. The topological polar surface area (TPSA) is 68.0 Å². The van der Waals surface area contributed by atoms with Gasteiger partial charge in [0.15, 0.2) is 0 Å². The fourth-order valence-electron chi connectivity index (χ4n) is 3.15. The van der Waals surface area contributed by atoms with Crippen LogP contribution in [0, 0.1) is 5.92 Å². The van der Waals surface area contributed by atoms with E-state index < -0.39 is 0 Å². The number of hydrogen-bond donors (Lipinski definition) is 1. The Morgan fingerprint density at radius 2 is 2.14 bits per heavy atom. The van der Waals surface area contributed by atoms with Crippen LogP contribution >= 0.6 is 0 Å². The molecule has 0 saturated heterocycles. The number of rotatable bonds is 3. The maximum Gasteiger partial charge on any atom is 0.230 e. The molecule has 5 heteroatoms. The van der Waals surface area contributed by atoms with E-state index >= 15 is 0 Å². The summed E-state index contributed by atoms with van der Waals surface area (Å²) in [6.07, 6.45) is 4.71. The summed E-state index contributed by atoms with van der Waals surface area (Å²) >= 11 is 0. The predicted octanol–water partition coefficient (Wildman–Crippen LogP) is 3.99. The molecule has 1 saturated carbocycles. The molecule has 0 bridgehead atoms. The van der Waals surface area contributed by atoms with E-state index in [0.29, 0.717) is 23.3 Å². The maximum atomic E-state index is 11.3. The number of carbonyl (C=O) groups is 1. The Bertz CT molecular complexity index is 665. The monoisotopic (exact) mass is 299 g/mol. The van der Waals surface area contributed by atoms with E-state index in [0.717, 1.165) is 24.3 Å². The highest BCUT2D eigenvalue weighted by atomic mass is 16.5. The minimum Gasteiger partial charge on any atom is -0.339 e. The molecule has 1 aromatic carbocycles. The van der Waals surface area contributed by atoms with Crippen LogP contribution in [-0.4, -0.2) is 16.0 Å². The van der Waals surface area contributed by atoms with Crippen LogP contribution in [0.1, 0.15) is 51.3 Å². The molecule has 22 heavy (non-hydrogen) atoms. The zero-order valence-electron chi connectivity index (χ0n) is 13.0. The van der Waals surface area contributed by atoms with Gasteiger partial charge in [-0.25, -0.2) is 0 Å². The molecule has 1 aliphatic rings. The first-order chi connectivity index (χ1) is 10.6. The molecule has 2 aromatic rings. The lowest BCUT2D eigenvalue weighted by atomic mass is 9.82. The fraction of sp³-hybridized carbons (Fsp3) is 0.471. The van der Waals surface area contributed by atoms with Crippen molar-refractivity contribution in [3.63, 3.8) is 0 Å². The van der Waals surface area contributed by atoms with Crippen LogP contribution in [0.4, 0.5) is 5.69 Å². The Morgan fingerprint density at radius 3 is 2.91 bits per heavy atom. The summed E-state index contributed by atoms with van der Waals surface area (Å²) in [5.41, 5.74) is 1.50. The fourth-order valence-corrected chi connectivity index (χ4v) is 3.15. The van der Waals surface area contributed by atoms with Crippen LogP contribution in [0.25, 0.3) is 11.4 Å². The van der Waals surface area contributed by atoms with Crippen molar-refractivity contribution in [3.8, 4) is 11.4 Å². The highest BCUT2D eigenvalue weighted by Crippen LogP contribution is 2.36. The van der Waals surface area contributed by atoms with Gasteiger partial charge in [-0.3, -0.25) is 4.79 Å². The van der Waals surface area contributed by atoms with Gasteiger partial charge < -0.3 is 9.84 Å². The highest BCUT2D eigenvalue weighted by molar-refractivity contribution is 5.93. The van der Waals surface area contributed by atoms with Crippen molar-refractivity contribution in [3.05, 3.63) is 30.2 Å². The molecule has 1 aliphatic carbocycles. The summed E-state index contributed by atoms with van der Waals surface area (Å²) in [6.45, 7) is 3.76. The number of nitrogens with zero attached hydrogens (tertiary/aromatic N) is 2. The molecule has 5 nitrogen and oxygen atoms in total. The molecule has 2 atom stereocenters. The summed E-state index contributed by atoms with van der Waals surface area (Å²) in [7, 11) is 0. The molecule has 3 rings (SSSR count). The number of carbonyl (C=O) groups excluding carboxylic acids is 1. The van der Waals surface area contributed by atoms with E-state index in [1.165, 1.54) is 19.8 Å².